The van der Waals surface area contributed by atoms with Crippen molar-refractivity contribution in [2.75, 3.05) is 7.11 Å². The number of carbonyl (C=O) groups is 2. The molecule has 2 aromatic heterocycles. The van der Waals surface area contributed by atoms with E-state index < -0.39 is 5.97 Å². The largest absolute Gasteiger partial charge is 0.481 e. The van der Waals surface area contributed by atoms with E-state index in [2.05, 4.69) is 10.3 Å². The van der Waals surface area contributed by atoms with Gasteiger partial charge in [-0.2, -0.15) is 0 Å². The molecule has 1 unspecified atom stereocenters. The zero-order valence-electron chi connectivity index (χ0n) is 21.9. The molecule has 2 fully saturated rings. The number of carboxylic acid groups (broad SMARTS) is 1. The highest BCUT2D eigenvalue weighted by Crippen LogP contribution is 2.58. The molecule has 1 amide bonds. The number of pyridine rings is 1. The zero-order chi connectivity index (χ0) is 27.3. The Morgan fingerprint density at radius 2 is 1.77 bits per heavy atom. The molecule has 0 radical (unpaired) electrons. The number of hydrogen-bond donors (Lipinski definition) is 2. The molecular formula is C31H30FN3O4. The van der Waals surface area contributed by atoms with Gasteiger partial charge in [-0.15, -0.1) is 0 Å². The van der Waals surface area contributed by atoms with Crippen LogP contribution in [0.4, 0.5) is 4.39 Å². The van der Waals surface area contributed by atoms with Crippen molar-refractivity contribution in [1.82, 2.24) is 14.9 Å². The van der Waals surface area contributed by atoms with Crippen LogP contribution in [0.2, 0.25) is 0 Å². The summed E-state index contributed by atoms with van der Waals surface area (Å²) in [7, 11) is 1.58. The maximum Gasteiger partial charge on any atom is 0.306 e. The van der Waals surface area contributed by atoms with E-state index in [1.54, 1.807) is 25.4 Å². The Bertz CT molecular complexity index is 1550. The third-order valence-electron chi connectivity index (χ3n) is 8.56. The summed E-state index contributed by atoms with van der Waals surface area (Å²) in [6.07, 6.45) is 6.55. The maximum atomic E-state index is 14.8. The Balaban J connectivity index is 1.21. The fraction of sp³-hybridized carbons (Fsp3) is 0.323. The molecule has 6 rings (SSSR count). The number of halogens is 1. The summed E-state index contributed by atoms with van der Waals surface area (Å²) in [6, 6.07) is 16.4. The lowest BCUT2D eigenvalue weighted by molar-refractivity contribution is -0.155. The van der Waals surface area contributed by atoms with Gasteiger partial charge in [0.25, 0.3) is 5.91 Å². The second-order valence-corrected chi connectivity index (χ2v) is 11.0. The molecule has 8 heteroatoms. The molecule has 4 aromatic rings. The smallest absolute Gasteiger partial charge is 0.306 e. The van der Waals surface area contributed by atoms with Crippen LogP contribution >= 0.6 is 0 Å². The van der Waals surface area contributed by atoms with E-state index in [1.165, 1.54) is 6.07 Å². The van der Waals surface area contributed by atoms with Crippen molar-refractivity contribution < 1.29 is 23.8 Å². The first kappa shape index (κ1) is 25.1. The molecule has 2 saturated carbocycles. The van der Waals surface area contributed by atoms with Crippen molar-refractivity contribution in [3.05, 3.63) is 83.9 Å². The highest BCUT2D eigenvalue weighted by Gasteiger charge is 2.55. The minimum atomic E-state index is -0.732. The second kappa shape index (κ2) is 9.52. The molecule has 0 saturated heterocycles. The number of fused-ring (bicyclic) bond motifs is 1. The van der Waals surface area contributed by atoms with Gasteiger partial charge in [0.15, 0.2) is 0 Å². The van der Waals surface area contributed by atoms with Crippen molar-refractivity contribution in [2.24, 2.45) is 11.3 Å². The van der Waals surface area contributed by atoms with Crippen LogP contribution in [0, 0.1) is 17.2 Å². The van der Waals surface area contributed by atoms with Crippen molar-refractivity contribution in [1.29, 1.82) is 0 Å². The van der Waals surface area contributed by atoms with Crippen molar-refractivity contribution in [2.45, 2.75) is 44.7 Å². The number of nitrogens with one attached hydrogen (secondary N) is 1. The Morgan fingerprint density at radius 3 is 2.41 bits per heavy atom. The number of aliphatic carboxylic acids is 1. The Kier molecular flexibility index (Phi) is 6.13. The summed E-state index contributed by atoms with van der Waals surface area (Å²) >= 11 is 0. The third kappa shape index (κ3) is 4.43. The molecule has 2 heterocycles. The van der Waals surface area contributed by atoms with E-state index in [0.29, 0.717) is 35.2 Å². The van der Waals surface area contributed by atoms with Gasteiger partial charge in [-0.05, 0) is 73.4 Å². The summed E-state index contributed by atoms with van der Waals surface area (Å²) in [5, 5.41) is 12.7. The van der Waals surface area contributed by atoms with Gasteiger partial charge in [0.1, 0.15) is 5.82 Å². The molecular weight excluding hydrogens is 497 g/mol. The topological polar surface area (TPSA) is 93.5 Å². The number of nitrogens with zero attached hydrogens (tertiary/aromatic N) is 2. The number of amides is 1. The Labute approximate surface area is 225 Å². The van der Waals surface area contributed by atoms with Crippen LogP contribution in [-0.4, -0.2) is 39.7 Å². The molecule has 0 bridgehead atoms. The SMILES string of the molecule is COc1ccc(-c2ccc(C(C)n3ccc4c(F)ccc(C(=O)NC5CC6(C5)CC(C(=O)O)C6)c43)cc2)cn1. The summed E-state index contributed by atoms with van der Waals surface area (Å²) < 4.78 is 21.9. The minimum absolute atomic E-state index is 0.00757. The van der Waals surface area contributed by atoms with Gasteiger partial charge in [-0.3, -0.25) is 9.59 Å². The fourth-order valence-corrected chi connectivity index (χ4v) is 6.39. The summed E-state index contributed by atoms with van der Waals surface area (Å²) in [4.78, 5) is 28.8. The lowest BCUT2D eigenvalue weighted by Gasteiger charge is -2.56. The molecule has 1 atom stereocenters. The number of hydrogen-bond acceptors (Lipinski definition) is 4. The average molecular weight is 528 g/mol. The van der Waals surface area contributed by atoms with Gasteiger partial charge in [0, 0.05) is 35.5 Å². The van der Waals surface area contributed by atoms with Crippen molar-refractivity contribution >= 4 is 22.8 Å². The van der Waals surface area contributed by atoms with E-state index in [-0.39, 0.29) is 35.1 Å². The number of carboxylic acids is 1. The minimum Gasteiger partial charge on any atom is -0.481 e. The monoisotopic (exact) mass is 527 g/mol. The van der Waals surface area contributed by atoms with Gasteiger partial charge >= 0.3 is 5.97 Å². The molecule has 1 spiro atoms. The van der Waals surface area contributed by atoms with E-state index >= 15 is 0 Å². The number of carbonyl (C=O) groups excluding carboxylic acids is 1. The maximum absolute atomic E-state index is 14.8. The van der Waals surface area contributed by atoms with Crippen molar-refractivity contribution in [3.8, 4) is 17.0 Å². The van der Waals surface area contributed by atoms with Gasteiger partial charge in [0.05, 0.1) is 30.1 Å². The highest BCUT2D eigenvalue weighted by molar-refractivity contribution is 6.06. The molecule has 2 N–H and O–H groups in total. The first-order chi connectivity index (χ1) is 18.8. The third-order valence-corrected chi connectivity index (χ3v) is 8.56. The first-order valence-electron chi connectivity index (χ1n) is 13.2. The quantitative estimate of drug-likeness (QED) is 0.315. The average Bonchev–Trinajstić information content (AvgIpc) is 3.35. The molecule has 7 nitrogen and oxygen atoms in total. The van der Waals surface area contributed by atoms with E-state index in [9.17, 15) is 19.1 Å². The van der Waals surface area contributed by atoms with Crippen LogP contribution in [0.25, 0.3) is 22.0 Å². The number of aromatic nitrogens is 2. The summed E-state index contributed by atoms with van der Waals surface area (Å²) in [6.45, 7) is 2.03. The second-order valence-electron chi connectivity index (χ2n) is 11.0. The number of rotatable bonds is 7. The molecule has 39 heavy (non-hydrogen) atoms. The van der Waals surface area contributed by atoms with Crippen LogP contribution in [0.5, 0.6) is 5.88 Å². The lowest BCUT2D eigenvalue weighted by atomic mass is 9.50. The summed E-state index contributed by atoms with van der Waals surface area (Å²) in [5.41, 5.74) is 4.06. The fourth-order valence-electron chi connectivity index (χ4n) is 6.39. The summed E-state index contributed by atoms with van der Waals surface area (Å²) in [5.74, 6) is -1.04. The number of benzene rings is 2. The Hall–Kier alpha value is -4.20. The van der Waals surface area contributed by atoms with Crippen LogP contribution < -0.4 is 10.1 Å². The number of methoxy groups -OCH3 is 1. The molecule has 2 aromatic carbocycles. The predicted octanol–water partition coefficient (Wildman–Crippen LogP) is 5.83. The molecule has 2 aliphatic carbocycles. The highest BCUT2D eigenvalue weighted by atomic mass is 19.1. The normalized spacial score (nSPS) is 22.6. The predicted molar refractivity (Wildman–Crippen MR) is 145 cm³/mol. The molecule has 0 aliphatic heterocycles. The molecule has 2 aliphatic rings. The molecule has 200 valence electrons. The standard InChI is InChI=1S/C31H30FN3O4/c1-18(19-3-5-20(6-4-19)21-7-10-27(39-2)33-17-21)35-12-11-24-26(32)9-8-25(28(24)35)29(36)34-23-15-31(16-23)13-22(14-31)30(37)38/h3-12,17-18,22-23H,13-16H2,1-2H3,(H,34,36)(H,37,38). The number of ether oxygens (including phenoxy) is 1. The van der Waals surface area contributed by atoms with Gasteiger partial charge in [-0.25, -0.2) is 9.37 Å². The van der Waals surface area contributed by atoms with Crippen LogP contribution in [0.1, 0.15) is 54.6 Å². The van der Waals surface area contributed by atoms with Gasteiger partial charge < -0.3 is 19.7 Å². The van der Waals surface area contributed by atoms with Gasteiger partial charge in [0.2, 0.25) is 5.88 Å². The van der Waals surface area contributed by atoms with E-state index in [0.717, 1.165) is 29.5 Å². The van der Waals surface area contributed by atoms with E-state index in [4.69, 9.17) is 4.74 Å². The van der Waals surface area contributed by atoms with Crippen molar-refractivity contribution in [3.63, 3.8) is 0 Å². The Morgan fingerprint density at radius 1 is 1.05 bits per heavy atom. The van der Waals surface area contributed by atoms with Crippen LogP contribution in [0.3, 0.4) is 0 Å². The van der Waals surface area contributed by atoms with Crippen LogP contribution in [-0.2, 0) is 4.79 Å². The van der Waals surface area contributed by atoms with E-state index in [1.807, 2.05) is 54.1 Å². The first-order valence-corrected chi connectivity index (χ1v) is 13.2. The lowest BCUT2D eigenvalue weighted by Crippen LogP contribution is -2.57. The van der Waals surface area contributed by atoms with Crippen LogP contribution in [0.15, 0.2) is 67.0 Å². The zero-order valence-corrected chi connectivity index (χ0v) is 21.9. The van der Waals surface area contributed by atoms with Gasteiger partial charge in [-0.1, -0.05) is 24.3 Å².